The van der Waals surface area contributed by atoms with Crippen LogP contribution in [0, 0.1) is 16.7 Å². The van der Waals surface area contributed by atoms with Crippen molar-refractivity contribution in [3.8, 4) is 6.07 Å². The lowest BCUT2D eigenvalue weighted by Crippen LogP contribution is -2.41. The molecule has 8 nitrogen and oxygen atoms in total. The van der Waals surface area contributed by atoms with Gasteiger partial charge in [-0.2, -0.15) is 5.26 Å². The van der Waals surface area contributed by atoms with Gasteiger partial charge in [-0.1, -0.05) is 18.9 Å². The van der Waals surface area contributed by atoms with Gasteiger partial charge >= 0.3 is 11.8 Å². The van der Waals surface area contributed by atoms with E-state index in [4.69, 9.17) is 5.73 Å². The highest BCUT2D eigenvalue weighted by Crippen LogP contribution is 2.36. The third kappa shape index (κ3) is 4.03. The van der Waals surface area contributed by atoms with Crippen LogP contribution < -0.4 is 16.4 Å². The summed E-state index contributed by atoms with van der Waals surface area (Å²) in [6.45, 7) is 0.143. The monoisotopic (exact) mass is 315 g/mol. The number of hydrogen-bond donors (Lipinski definition) is 3. The topological polar surface area (TPSA) is 138 Å². The molecule has 1 aliphatic rings. The maximum absolute atomic E-state index is 11.8. The summed E-state index contributed by atoms with van der Waals surface area (Å²) >= 11 is 0. The summed E-state index contributed by atoms with van der Waals surface area (Å²) in [5.74, 6) is -2.44. The van der Waals surface area contributed by atoms with Crippen molar-refractivity contribution in [3.63, 3.8) is 0 Å². The number of nitrogens with zero attached hydrogens (tertiary/aromatic N) is 2. The van der Waals surface area contributed by atoms with E-state index in [9.17, 15) is 19.6 Å². The number of primary amides is 1. The highest BCUT2D eigenvalue weighted by Gasteiger charge is 2.34. The van der Waals surface area contributed by atoms with Crippen molar-refractivity contribution in [1.82, 2.24) is 10.3 Å². The largest absolute Gasteiger partial charge is 0.364 e. The third-order valence-electron chi connectivity index (χ3n) is 3.83. The van der Waals surface area contributed by atoms with Gasteiger partial charge in [0.05, 0.1) is 11.5 Å². The Morgan fingerprint density at radius 2 is 1.96 bits per heavy atom. The van der Waals surface area contributed by atoms with Crippen LogP contribution in [0.1, 0.15) is 36.2 Å². The second-order valence-electron chi connectivity index (χ2n) is 5.51. The molecule has 1 fully saturated rings. The van der Waals surface area contributed by atoms with Crippen molar-refractivity contribution in [2.45, 2.75) is 25.7 Å². The van der Waals surface area contributed by atoms with Gasteiger partial charge in [-0.3, -0.25) is 14.4 Å². The van der Waals surface area contributed by atoms with Gasteiger partial charge in [0.2, 0.25) is 0 Å². The number of aromatic nitrogens is 1. The Balaban J connectivity index is 1.93. The van der Waals surface area contributed by atoms with Gasteiger partial charge in [0.1, 0.15) is 11.5 Å². The summed E-state index contributed by atoms with van der Waals surface area (Å²) in [5.41, 5.74) is 4.50. The number of rotatable bonds is 4. The lowest BCUT2D eigenvalue weighted by Gasteiger charge is -2.20. The fourth-order valence-electron chi connectivity index (χ4n) is 2.52. The van der Waals surface area contributed by atoms with Crippen molar-refractivity contribution < 1.29 is 14.4 Å². The molecule has 1 aromatic rings. The molecule has 1 aliphatic carbocycles. The van der Waals surface area contributed by atoms with Crippen molar-refractivity contribution in [2.75, 3.05) is 11.9 Å². The summed E-state index contributed by atoms with van der Waals surface area (Å²) < 4.78 is 0. The number of nitriles is 1. The normalized spacial score (nSPS) is 15.4. The minimum Gasteiger partial charge on any atom is -0.364 e. The van der Waals surface area contributed by atoms with Crippen molar-refractivity contribution in [2.24, 2.45) is 11.1 Å². The molecule has 8 heteroatoms. The van der Waals surface area contributed by atoms with Crippen LogP contribution in [0.15, 0.2) is 18.2 Å². The number of hydrogen-bond acceptors (Lipinski definition) is 5. The summed E-state index contributed by atoms with van der Waals surface area (Å²) in [7, 11) is 0. The highest BCUT2D eigenvalue weighted by molar-refractivity contribution is 6.39. The lowest BCUT2D eigenvalue weighted by molar-refractivity contribution is -0.136. The van der Waals surface area contributed by atoms with Crippen LogP contribution in [0.5, 0.6) is 0 Å². The molecule has 4 N–H and O–H groups in total. The molecule has 1 aromatic heterocycles. The molecule has 0 unspecified atom stereocenters. The fourth-order valence-corrected chi connectivity index (χ4v) is 2.52. The smallest absolute Gasteiger partial charge is 0.314 e. The Labute approximate surface area is 133 Å². The highest BCUT2D eigenvalue weighted by atomic mass is 16.2. The molecule has 0 aliphatic heterocycles. The molecule has 120 valence electrons. The zero-order valence-electron chi connectivity index (χ0n) is 12.5. The minimum absolute atomic E-state index is 0.0161. The van der Waals surface area contributed by atoms with Crippen LogP contribution in [0.4, 0.5) is 5.82 Å². The van der Waals surface area contributed by atoms with E-state index in [2.05, 4.69) is 21.7 Å². The average molecular weight is 315 g/mol. The first kappa shape index (κ1) is 16.4. The van der Waals surface area contributed by atoms with Crippen LogP contribution in [0.2, 0.25) is 0 Å². The van der Waals surface area contributed by atoms with E-state index in [-0.39, 0.29) is 18.1 Å². The lowest BCUT2D eigenvalue weighted by atomic mass is 9.88. The van der Waals surface area contributed by atoms with E-state index in [1.54, 1.807) is 0 Å². The van der Waals surface area contributed by atoms with Crippen LogP contribution in [-0.2, 0) is 9.59 Å². The molecule has 0 spiro atoms. The van der Waals surface area contributed by atoms with Crippen molar-refractivity contribution >= 4 is 23.5 Å². The van der Waals surface area contributed by atoms with E-state index in [1.807, 2.05) is 0 Å². The molecule has 3 amide bonds. The molecule has 0 bridgehead atoms. The van der Waals surface area contributed by atoms with Crippen LogP contribution in [0.25, 0.3) is 0 Å². The van der Waals surface area contributed by atoms with Crippen LogP contribution >= 0.6 is 0 Å². The Bertz CT molecular complexity index is 674. The molecular formula is C15H17N5O3. The predicted molar refractivity (Wildman–Crippen MR) is 80.9 cm³/mol. The number of pyridine rings is 1. The first-order valence-corrected chi connectivity index (χ1v) is 7.23. The zero-order valence-corrected chi connectivity index (χ0v) is 12.5. The molecule has 2 rings (SSSR count). The first-order chi connectivity index (χ1) is 11.0. The minimum atomic E-state index is -0.912. The number of carbonyl (C=O) groups excluding carboxylic acids is 3. The molecule has 0 radical (unpaired) electrons. The van der Waals surface area contributed by atoms with E-state index in [0.29, 0.717) is 12.8 Å². The molecule has 0 saturated heterocycles. The molecule has 23 heavy (non-hydrogen) atoms. The Morgan fingerprint density at radius 1 is 1.26 bits per heavy atom. The molecule has 1 heterocycles. The number of carbonyl (C=O) groups is 3. The summed E-state index contributed by atoms with van der Waals surface area (Å²) in [5, 5.41) is 14.0. The average Bonchev–Trinajstić information content (AvgIpc) is 3.02. The maximum Gasteiger partial charge on any atom is 0.314 e. The summed E-state index contributed by atoms with van der Waals surface area (Å²) in [6, 6.07) is 6.55. The number of nitrogens with two attached hydrogens (primary N) is 1. The Kier molecular flexibility index (Phi) is 4.91. The van der Waals surface area contributed by atoms with Gasteiger partial charge < -0.3 is 16.4 Å². The number of amides is 3. The standard InChI is InChI=1S/C15H17N5O3/c16-8-15(6-1-2-7-15)9-18-13(22)14(23)20-11-5-3-4-10(19-11)12(17)21/h3-5H,1-2,6-7,9H2,(H2,17,21)(H,18,22)(H,19,20,23). The first-order valence-electron chi connectivity index (χ1n) is 7.23. The molecular weight excluding hydrogens is 298 g/mol. The SMILES string of the molecule is N#CC1(CNC(=O)C(=O)Nc2cccc(C(N)=O)n2)CCCC1. The van der Waals surface area contributed by atoms with Crippen LogP contribution in [0.3, 0.4) is 0 Å². The molecule has 1 saturated carbocycles. The van der Waals surface area contributed by atoms with E-state index >= 15 is 0 Å². The van der Waals surface area contributed by atoms with E-state index < -0.39 is 23.1 Å². The number of anilines is 1. The van der Waals surface area contributed by atoms with Gasteiger partial charge in [-0.25, -0.2) is 4.98 Å². The fraction of sp³-hybridized carbons (Fsp3) is 0.400. The number of nitrogens with one attached hydrogen (secondary N) is 2. The maximum atomic E-state index is 11.8. The van der Waals surface area contributed by atoms with Gasteiger partial charge in [0, 0.05) is 6.54 Å². The van der Waals surface area contributed by atoms with Gasteiger partial charge in [0.15, 0.2) is 0 Å². The van der Waals surface area contributed by atoms with Crippen LogP contribution in [-0.4, -0.2) is 29.3 Å². The molecule has 0 atom stereocenters. The van der Waals surface area contributed by atoms with E-state index in [0.717, 1.165) is 12.8 Å². The predicted octanol–water partition coefficient (Wildman–Crippen LogP) is 0.319. The zero-order chi connectivity index (χ0) is 16.9. The Hall–Kier alpha value is -2.95. The van der Waals surface area contributed by atoms with Gasteiger partial charge in [0.25, 0.3) is 5.91 Å². The quantitative estimate of drug-likeness (QED) is 0.687. The van der Waals surface area contributed by atoms with Crippen molar-refractivity contribution in [3.05, 3.63) is 23.9 Å². The van der Waals surface area contributed by atoms with Gasteiger partial charge in [-0.05, 0) is 25.0 Å². The Morgan fingerprint density at radius 3 is 2.57 bits per heavy atom. The molecule has 0 aromatic carbocycles. The van der Waals surface area contributed by atoms with E-state index in [1.165, 1.54) is 18.2 Å². The third-order valence-corrected chi connectivity index (χ3v) is 3.83. The second-order valence-corrected chi connectivity index (χ2v) is 5.51. The summed E-state index contributed by atoms with van der Waals surface area (Å²) in [4.78, 5) is 38.5. The van der Waals surface area contributed by atoms with Crippen molar-refractivity contribution in [1.29, 1.82) is 5.26 Å². The summed E-state index contributed by atoms with van der Waals surface area (Å²) in [6.07, 6.45) is 3.32. The second kappa shape index (κ2) is 6.87. The van der Waals surface area contributed by atoms with Gasteiger partial charge in [-0.15, -0.1) is 0 Å².